The maximum absolute atomic E-state index is 12.4. The lowest BCUT2D eigenvalue weighted by Gasteiger charge is -2.31. The fourth-order valence-electron chi connectivity index (χ4n) is 3.28. The highest BCUT2D eigenvalue weighted by atomic mass is 16.5. The zero-order chi connectivity index (χ0) is 19.3. The van der Waals surface area contributed by atoms with Crippen LogP contribution in [0.3, 0.4) is 0 Å². The number of aryl methyl sites for hydroxylation is 1. The molecule has 0 N–H and O–H groups in total. The predicted octanol–water partition coefficient (Wildman–Crippen LogP) is 2.33. The van der Waals surface area contributed by atoms with Crippen molar-refractivity contribution in [2.75, 3.05) is 19.7 Å². The summed E-state index contributed by atoms with van der Waals surface area (Å²) in [6.45, 7) is 1.90. The van der Waals surface area contributed by atoms with Gasteiger partial charge in [0.05, 0.1) is 19.0 Å². The minimum Gasteiger partial charge on any atom is -0.378 e. The lowest BCUT2D eigenvalue weighted by molar-refractivity contribution is 0.00932. The summed E-state index contributed by atoms with van der Waals surface area (Å²) < 4.78 is 13.1. The van der Waals surface area contributed by atoms with E-state index in [2.05, 4.69) is 15.1 Å². The van der Waals surface area contributed by atoms with Gasteiger partial charge in [-0.2, -0.15) is 4.98 Å². The molecule has 0 unspecified atom stereocenters. The lowest BCUT2D eigenvalue weighted by Crippen LogP contribution is -2.41. The van der Waals surface area contributed by atoms with Crippen molar-refractivity contribution < 1.29 is 14.1 Å². The van der Waals surface area contributed by atoms with Gasteiger partial charge in [-0.15, -0.1) is 0 Å². The van der Waals surface area contributed by atoms with E-state index in [9.17, 15) is 4.79 Å². The third-order valence-corrected chi connectivity index (χ3v) is 4.82. The molecule has 8 nitrogen and oxygen atoms in total. The Bertz CT molecular complexity index is 913. The van der Waals surface area contributed by atoms with E-state index in [1.165, 1.54) is 0 Å². The van der Waals surface area contributed by atoms with Crippen molar-refractivity contribution in [1.82, 2.24) is 24.6 Å². The normalized spacial score (nSPS) is 15.1. The van der Waals surface area contributed by atoms with E-state index in [0.29, 0.717) is 43.5 Å². The molecule has 0 atom stereocenters. The molecule has 4 rings (SSSR count). The van der Waals surface area contributed by atoms with Crippen LogP contribution in [0, 0.1) is 0 Å². The summed E-state index contributed by atoms with van der Waals surface area (Å²) in [4.78, 5) is 22.8. The first kappa shape index (κ1) is 18.4. The Morgan fingerprint density at radius 3 is 2.75 bits per heavy atom. The molecule has 1 fully saturated rings. The Labute approximate surface area is 163 Å². The van der Waals surface area contributed by atoms with E-state index in [1.54, 1.807) is 17.1 Å². The average molecular weight is 381 g/mol. The monoisotopic (exact) mass is 381 g/mol. The van der Waals surface area contributed by atoms with E-state index in [0.717, 1.165) is 18.4 Å². The molecule has 0 saturated carbocycles. The summed E-state index contributed by atoms with van der Waals surface area (Å²) in [5.74, 6) is 1.15. The van der Waals surface area contributed by atoms with Crippen LogP contribution in [0.5, 0.6) is 0 Å². The molecular weight excluding hydrogens is 358 g/mol. The van der Waals surface area contributed by atoms with Crippen molar-refractivity contribution in [3.8, 4) is 11.5 Å². The highest BCUT2D eigenvalue weighted by Crippen LogP contribution is 2.18. The predicted molar refractivity (Wildman–Crippen MR) is 102 cm³/mol. The van der Waals surface area contributed by atoms with Gasteiger partial charge in [0.2, 0.25) is 0 Å². The van der Waals surface area contributed by atoms with Gasteiger partial charge < -0.3 is 18.7 Å². The SMILES string of the molecule is Cn1cnc(C(=O)N2CCC(OCCc3noc(-c4ccccc4)n3)CC2)c1. The Morgan fingerprint density at radius 1 is 1.25 bits per heavy atom. The number of nitrogens with zero attached hydrogens (tertiary/aromatic N) is 5. The molecule has 2 aromatic heterocycles. The first-order chi connectivity index (χ1) is 13.7. The highest BCUT2D eigenvalue weighted by molar-refractivity contribution is 5.92. The lowest BCUT2D eigenvalue weighted by atomic mass is 10.1. The fraction of sp³-hybridized carbons (Fsp3) is 0.400. The summed E-state index contributed by atoms with van der Waals surface area (Å²) in [5, 5.41) is 4.02. The van der Waals surface area contributed by atoms with Gasteiger partial charge in [-0.05, 0) is 25.0 Å². The molecular formula is C20H23N5O3. The van der Waals surface area contributed by atoms with E-state index in [-0.39, 0.29) is 12.0 Å². The van der Waals surface area contributed by atoms with Crippen molar-refractivity contribution in [3.63, 3.8) is 0 Å². The van der Waals surface area contributed by atoms with Crippen LogP contribution in [0.1, 0.15) is 29.2 Å². The average Bonchev–Trinajstić information content (AvgIpc) is 3.38. The van der Waals surface area contributed by atoms with Crippen LogP contribution in [0.25, 0.3) is 11.5 Å². The van der Waals surface area contributed by atoms with E-state index in [1.807, 2.05) is 42.3 Å². The van der Waals surface area contributed by atoms with Crippen LogP contribution in [0.2, 0.25) is 0 Å². The van der Waals surface area contributed by atoms with Crippen molar-refractivity contribution in [2.24, 2.45) is 7.05 Å². The van der Waals surface area contributed by atoms with Gasteiger partial charge in [-0.25, -0.2) is 4.98 Å². The van der Waals surface area contributed by atoms with Crippen molar-refractivity contribution in [3.05, 3.63) is 54.4 Å². The van der Waals surface area contributed by atoms with Crippen LogP contribution >= 0.6 is 0 Å². The Morgan fingerprint density at radius 2 is 2.04 bits per heavy atom. The second kappa shape index (κ2) is 8.35. The molecule has 0 spiro atoms. The Hall–Kier alpha value is -3.00. The van der Waals surface area contributed by atoms with Gasteiger partial charge in [0, 0.05) is 38.3 Å². The van der Waals surface area contributed by atoms with Gasteiger partial charge in [0.25, 0.3) is 11.8 Å². The number of amides is 1. The maximum Gasteiger partial charge on any atom is 0.274 e. The summed E-state index contributed by atoms with van der Waals surface area (Å²) in [7, 11) is 1.86. The third-order valence-electron chi connectivity index (χ3n) is 4.82. The molecule has 146 valence electrons. The van der Waals surface area contributed by atoms with Crippen LogP contribution in [-0.2, 0) is 18.2 Å². The van der Waals surface area contributed by atoms with Crippen LogP contribution < -0.4 is 0 Å². The maximum atomic E-state index is 12.4. The number of benzene rings is 1. The number of imidazole rings is 1. The molecule has 0 aliphatic carbocycles. The molecule has 1 aromatic carbocycles. The summed E-state index contributed by atoms with van der Waals surface area (Å²) >= 11 is 0. The number of carbonyl (C=O) groups excluding carboxylic acids is 1. The van der Waals surface area contributed by atoms with Gasteiger partial charge >= 0.3 is 0 Å². The molecule has 3 heterocycles. The number of piperidine rings is 1. The van der Waals surface area contributed by atoms with Crippen molar-refractivity contribution in [2.45, 2.75) is 25.4 Å². The largest absolute Gasteiger partial charge is 0.378 e. The van der Waals surface area contributed by atoms with Crippen LogP contribution in [0.4, 0.5) is 0 Å². The molecule has 1 aliphatic heterocycles. The second-order valence-electron chi connectivity index (χ2n) is 6.92. The van der Waals surface area contributed by atoms with Gasteiger partial charge in [-0.3, -0.25) is 4.79 Å². The van der Waals surface area contributed by atoms with Crippen molar-refractivity contribution in [1.29, 1.82) is 0 Å². The van der Waals surface area contributed by atoms with Gasteiger partial charge in [0.1, 0.15) is 5.69 Å². The number of aromatic nitrogens is 4. The highest BCUT2D eigenvalue weighted by Gasteiger charge is 2.25. The molecule has 0 radical (unpaired) electrons. The Kier molecular flexibility index (Phi) is 5.48. The molecule has 1 amide bonds. The van der Waals surface area contributed by atoms with Crippen LogP contribution in [-0.4, -0.2) is 56.3 Å². The minimum absolute atomic E-state index is 0.0145. The minimum atomic E-state index is -0.0145. The first-order valence-electron chi connectivity index (χ1n) is 9.46. The van der Waals surface area contributed by atoms with Crippen molar-refractivity contribution >= 4 is 5.91 Å². The number of likely N-dealkylation sites (tertiary alicyclic amines) is 1. The summed E-state index contributed by atoms with van der Waals surface area (Å²) in [6.07, 6.45) is 5.78. The van der Waals surface area contributed by atoms with E-state index >= 15 is 0 Å². The van der Waals surface area contributed by atoms with E-state index < -0.39 is 0 Å². The third kappa shape index (κ3) is 4.28. The fourth-order valence-corrected chi connectivity index (χ4v) is 3.28. The number of hydrogen-bond donors (Lipinski definition) is 0. The number of rotatable bonds is 6. The molecule has 8 heteroatoms. The molecule has 28 heavy (non-hydrogen) atoms. The standard InChI is InChI=1S/C20H23N5O3/c1-24-13-17(21-14-24)20(26)25-10-7-16(8-11-25)27-12-9-18-22-19(28-23-18)15-5-3-2-4-6-15/h2-6,13-14,16H,7-12H2,1H3. The first-order valence-corrected chi connectivity index (χ1v) is 9.46. The number of carbonyl (C=O) groups is 1. The van der Waals surface area contributed by atoms with Gasteiger partial charge in [-0.1, -0.05) is 23.4 Å². The van der Waals surface area contributed by atoms with Gasteiger partial charge in [0.15, 0.2) is 5.82 Å². The number of hydrogen-bond acceptors (Lipinski definition) is 6. The molecule has 3 aromatic rings. The summed E-state index contributed by atoms with van der Waals surface area (Å²) in [6, 6.07) is 9.70. The number of ether oxygens (including phenoxy) is 1. The van der Waals surface area contributed by atoms with E-state index in [4.69, 9.17) is 9.26 Å². The molecule has 1 aliphatic rings. The Balaban J connectivity index is 1.21. The topological polar surface area (TPSA) is 86.3 Å². The second-order valence-corrected chi connectivity index (χ2v) is 6.92. The quantitative estimate of drug-likeness (QED) is 0.651. The zero-order valence-electron chi connectivity index (χ0n) is 15.8. The smallest absolute Gasteiger partial charge is 0.274 e. The zero-order valence-corrected chi connectivity index (χ0v) is 15.8. The molecule has 0 bridgehead atoms. The molecule has 1 saturated heterocycles. The van der Waals surface area contributed by atoms with Crippen LogP contribution in [0.15, 0.2) is 47.4 Å². The summed E-state index contributed by atoms with van der Waals surface area (Å²) in [5.41, 5.74) is 1.40.